The van der Waals surface area contributed by atoms with Crippen molar-refractivity contribution in [2.24, 2.45) is 29.1 Å². The molecule has 0 aliphatic heterocycles. The van der Waals surface area contributed by atoms with Crippen LogP contribution >= 0.6 is 0 Å². The Balaban J connectivity index is 1.53. The molecule has 3 saturated carbocycles. The summed E-state index contributed by atoms with van der Waals surface area (Å²) < 4.78 is 5.41. The molecule has 0 spiro atoms. The standard InChI is InChI=1S/C20H26O2/c1-20-8-7-14-13-6-4-12(22-2)9-11(13)3-5-15(14)18(20)16-10-17(16)19(20)21/h4,6,9,14-19,21H,3,5,7-8,10H2,1-2H3/t14-,15-,16-,17+,18-,19+,20+/m1/s1. The highest BCUT2D eigenvalue weighted by Gasteiger charge is 2.68. The molecule has 118 valence electrons. The van der Waals surface area contributed by atoms with E-state index < -0.39 is 0 Å². The zero-order chi connectivity index (χ0) is 15.1. The van der Waals surface area contributed by atoms with Crippen molar-refractivity contribution in [3.63, 3.8) is 0 Å². The van der Waals surface area contributed by atoms with E-state index >= 15 is 0 Å². The van der Waals surface area contributed by atoms with E-state index in [1.165, 1.54) is 37.7 Å². The third-order valence-electron chi connectivity index (χ3n) is 7.66. The second kappa shape index (κ2) is 4.29. The van der Waals surface area contributed by atoms with Crippen LogP contribution in [0.3, 0.4) is 0 Å². The molecule has 4 aliphatic rings. The van der Waals surface area contributed by atoms with E-state index in [4.69, 9.17) is 4.74 Å². The molecule has 0 aromatic heterocycles. The number of hydrogen-bond donors (Lipinski definition) is 1. The molecule has 1 N–H and O–H groups in total. The Morgan fingerprint density at radius 3 is 2.86 bits per heavy atom. The summed E-state index contributed by atoms with van der Waals surface area (Å²) in [4.78, 5) is 0. The van der Waals surface area contributed by atoms with Gasteiger partial charge in [0.25, 0.3) is 0 Å². The van der Waals surface area contributed by atoms with E-state index in [0.717, 1.165) is 29.4 Å². The largest absolute Gasteiger partial charge is 0.497 e. The van der Waals surface area contributed by atoms with Gasteiger partial charge in [-0.05, 0) is 90.4 Å². The first-order chi connectivity index (χ1) is 10.6. The number of ether oxygens (including phenoxy) is 1. The van der Waals surface area contributed by atoms with Crippen molar-refractivity contribution in [1.82, 2.24) is 0 Å². The Kier molecular flexibility index (Phi) is 2.61. The number of rotatable bonds is 1. The maximum atomic E-state index is 10.7. The summed E-state index contributed by atoms with van der Waals surface area (Å²) in [6.07, 6.45) is 6.22. The molecule has 4 aliphatic carbocycles. The lowest BCUT2D eigenvalue weighted by molar-refractivity contribution is -0.0464. The highest BCUT2D eigenvalue weighted by molar-refractivity contribution is 5.41. The van der Waals surface area contributed by atoms with E-state index in [0.29, 0.717) is 5.92 Å². The number of hydrogen-bond acceptors (Lipinski definition) is 2. The van der Waals surface area contributed by atoms with Gasteiger partial charge in [-0.3, -0.25) is 0 Å². The summed E-state index contributed by atoms with van der Waals surface area (Å²) in [6, 6.07) is 6.71. The number of aliphatic hydroxyl groups is 1. The van der Waals surface area contributed by atoms with Gasteiger partial charge in [-0.25, -0.2) is 0 Å². The topological polar surface area (TPSA) is 29.5 Å². The molecule has 0 amide bonds. The smallest absolute Gasteiger partial charge is 0.119 e. The van der Waals surface area contributed by atoms with E-state index in [2.05, 4.69) is 25.1 Å². The van der Waals surface area contributed by atoms with Gasteiger partial charge in [0, 0.05) is 0 Å². The van der Waals surface area contributed by atoms with Crippen LogP contribution in [0, 0.1) is 29.1 Å². The lowest BCUT2D eigenvalue weighted by Gasteiger charge is -2.51. The number of benzene rings is 1. The second-order valence-electron chi connectivity index (χ2n) is 8.45. The SMILES string of the molecule is COc1ccc2c(c1)CC[C@H]1[C@@H]3[C@@H]4C[C@@H]4[C@H](O)[C@@]3(C)CC[C@H]21. The maximum Gasteiger partial charge on any atom is 0.119 e. The van der Waals surface area contributed by atoms with E-state index in [-0.39, 0.29) is 11.5 Å². The highest BCUT2D eigenvalue weighted by Crippen LogP contribution is 2.71. The minimum atomic E-state index is -0.0271. The molecule has 5 rings (SSSR count). The summed E-state index contributed by atoms with van der Waals surface area (Å²) >= 11 is 0. The van der Waals surface area contributed by atoms with Gasteiger partial charge in [0.05, 0.1) is 13.2 Å². The maximum absolute atomic E-state index is 10.7. The van der Waals surface area contributed by atoms with Gasteiger partial charge in [0.1, 0.15) is 5.75 Å². The number of methoxy groups -OCH3 is 1. The predicted molar refractivity (Wildman–Crippen MR) is 86.0 cm³/mol. The van der Waals surface area contributed by atoms with E-state index in [1.54, 1.807) is 12.7 Å². The summed E-state index contributed by atoms with van der Waals surface area (Å²) in [5, 5.41) is 10.7. The third-order valence-corrected chi connectivity index (χ3v) is 7.66. The van der Waals surface area contributed by atoms with Crippen LogP contribution in [0.4, 0.5) is 0 Å². The van der Waals surface area contributed by atoms with Crippen molar-refractivity contribution in [2.75, 3.05) is 7.11 Å². The number of aliphatic hydroxyl groups excluding tert-OH is 1. The average Bonchev–Trinajstić information content (AvgIpc) is 3.28. The minimum absolute atomic E-state index is 0.0271. The van der Waals surface area contributed by atoms with Crippen LogP contribution in [-0.2, 0) is 6.42 Å². The Morgan fingerprint density at radius 2 is 2.05 bits per heavy atom. The van der Waals surface area contributed by atoms with Gasteiger partial charge in [-0.1, -0.05) is 13.0 Å². The zero-order valence-corrected chi connectivity index (χ0v) is 13.6. The summed E-state index contributed by atoms with van der Waals surface area (Å²) in [5.74, 6) is 4.74. The fourth-order valence-electron chi connectivity index (χ4n) is 6.62. The molecule has 7 atom stereocenters. The quantitative estimate of drug-likeness (QED) is 0.855. The Labute approximate surface area is 132 Å². The van der Waals surface area contributed by atoms with Crippen molar-refractivity contribution in [3.8, 4) is 5.75 Å². The van der Waals surface area contributed by atoms with Gasteiger partial charge in [-0.15, -0.1) is 0 Å². The average molecular weight is 298 g/mol. The molecular weight excluding hydrogens is 272 g/mol. The van der Waals surface area contributed by atoms with Gasteiger partial charge in [-0.2, -0.15) is 0 Å². The van der Waals surface area contributed by atoms with Crippen LogP contribution in [-0.4, -0.2) is 18.3 Å². The molecule has 0 heterocycles. The molecule has 0 bridgehead atoms. The molecule has 1 aromatic carbocycles. The van der Waals surface area contributed by atoms with Gasteiger partial charge >= 0.3 is 0 Å². The third kappa shape index (κ3) is 1.55. The molecule has 22 heavy (non-hydrogen) atoms. The number of fused-ring (bicyclic) bond motifs is 7. The second-order valence-corrected chi connectivity index (χ2v) is 8.45. The van der Waals surface area contributed by atoms with Crippen LogP contribution in [0.1, 0.15) is 49.7 Å². The molecular formula is C20H26O2. The number of aryl methyl sites for hydroxylation is 1. The first-order valence-corrected chi connectivity index (χ1v) is 8.98. The molecule has 2 heteroatoms. The first kappa shape index (κ1) is 13.4. The fourth-order valence-corrected chi connectivity index (χ4v) is 6.62. The van der Waals surface area contributed by atoms with Gasteiger partial charge in [0.15, 0.2) is 0 Å². The molecule has 2 nitrogen and oxygen atoms in total. The zero-order valence-electron chi connectivity index (χ0n) is 13.6. The molecule has 1 aromatic rings. The van der Waals surface area contributed by atoms with E-state index in [9.17, 15) is 5.11 Å². The van der Waals surface area contributed by atoms with Crippen LogP contribution in [0.2, 0.25) is 0 Å². The van der Waals surface area contributed by atoms with Crippen molar-refractivity contribution in [1.29, 1.82) is 0 Å². The minimum Gasteiger partial charge on any atom is -0.497 e. The van der Waals surface area contributed by atoms with Gasteiger partial charge in [0.2, 0.25) is 0 Å². The Morgan fingerprint density at radius 1 is 1.18 bits per heavy atom. The summed E-state index contributed by atoms with van der Waals surface area (Å²) in [6.45, 7) is 2.38. The fraction of sp³-hybridized carbons (Fsp3) is 0.700. The lowest BCUT2D eigenvalue weighted by atomic mass is 9.54. The Hall–Kier alpha value is -1.02. The van der Waals surface area contributed by atoms with Crippen molar-refractivity contribution in [3.05, 3.63) is 29.3 Å². The Bertz CT molecular complexity index is 624. The van der Waals surface area contributed by atoms with Crippen molar-refractivity contribution in [2.45, 2.75) is 51.0 Å². The molecule has 3 fully saturated rings. The van der Waals surface area contributed by atoms with Crippen LogP contribution in [0.5, 0.6) is 5.75 Å². The summed E-state index contributed by atoms with van der Waals surface area (Å²) in [5.41, 5.74) is 3.30. The monoisotopic (exact) mass is 298 g/mol. The van der Waals surface area contributed by atoms with Crippen LogP contribution < -0.4 is 4.74 Å². The van der Waals surface area contributed by atoms with Crippen LogP contribution in [0.15, 0.2) is 18.2 Å². The van der Waals surface area contributed by atoms with Gasteiger partial charge < -0.3 is 9.84 Å². The first-order valence-electron chi connectivity index (χ1n) is 8.98. The van der Waals surface area contributed by atoms with Crippen LogP contribution in [0.25, 0.3) is 0 Å². The molecule has 0 saturated heterocycles. The van der Waals surface area contributed by atoms with Crippen molar-refractivity contribution >= 4 is 0 Å². The summed E-state index contributed by atoms with van der Waals surface area (Å²) in [7, 11) is 1.76. The normalized spacial score (nSPS) is 48.0. The van der Waals surface area contributed by atoms with E-state index in [1.807, 2.05) is 0 Å². The lowest BCUT2D eigenvalue weighted by Crippen LogP contribution is -2.46. The highest BCUT2D eigenvalue weighted by atomic mass is 16.5. The predicted octanol–water partition coefficient (Wildman–Crippen LogP) is 3.77. The van der Waals surface area contributed by atoms with Crippen molar-refractivity contribution < 1.29 is 9.84 Å². The molecule has 0 radical (unpaired) electrons. The molecule has 0 unspecified atom stereocenters.